The largest absolute Gasteiger partial charge is 0.309 e. The van der Waals surface area contributed by atoms with E-state index >= 15 is 0 Å². The Morgan fingerprint density at radius 2 is 1.00 bits per heavy atom. The molecule has 0 spiro atoms. The molecule has 5 rings (SSSR count). The predicted octanol–water partition coefficient (Wildman–Crippen LogP) is 6.59. The molecule has 0 N–H and O–H groups in total. The number of para-hydroxylation sites is 2. The van der Waals surface area contributed by atoms with Gasteiger partial charge in [0.05, 0.1) is 16.7 Å². The Morgan fingerprint density at radius 3 is 1.62 bits per heavy atom. The van der Waals surface area contributed by atoms with Gasteiger partial charge in [-0.05, 0) is 24.3 Å². The minimum Gasteiger partial charge on any atom is -0.309 e. The Bertz CT molecular complexity index is 1160. The molecule has 0 aliphatic rings. The quantitative estimate of drug-likeness (QED) is 0.327. The lowest BCUT2D eigenvalue weighted by atomic mass is 10.1. The van der Waals surface area contributed by atoms with E-state index in [0.29, 0.717) is 0 Å². The van der Waals surface area contributed by atoms with Crippen LogP contribution in [0.25, 0.3) is 38.3 Å². The van der Waals surface area contributed by atoms with E-state index in [1.807, 2.05) is 12.1 Å². The lowest BCUT2D eigenvalue weighted by Crippen LogP contribution is -1.95. The van der Waals surface area contributed by atoms with E-state index in [0.717, 1.165) is 21.5 Å². The zero-order valence-electron chi connectivity index (χ0n) is 12.9. The molecule has 0 unspecified atom stereocenters. The van der Waals surface area contributed by atoms with Gasteiger partial charge in [0.25, 0.3) is 0 Å². The summed E-state index contributed by atoms with van der Waals surface area (Å²) in [5.74, 6) is 0. The van der Waals surface area contributed by atoms with Crippen LogP contribution in [0.15, 0.2) is 84.9 Å². The molecule has 0 aliphatic heterocycles. The van der Waals surface area contributed by atoms with Crippen LogP contribution in [0.5, 0.6) is 0 Å². The number of fused-ring (bicyclic) bond motifs is 4. The van der Waals surface area contributed by atoms with E-state index in [1.165, 1.54) is 21.8 Å². The first-order valence-electron chi connectivity index (χ1n) is 8.00. The molecule has 0 fully saturated rings. The standard InChI is InChI=1S/C22H14ClN/c23-19-13-14-22(16-8-2-1-7-15(16)19)24-20-11-5-3-9-17(20)18-10-4-6-12-21(18)24/h1-14H. The van der Waals surface area contributed by atoms with E-state index < -0.39 is 0 Å². The molecule has 4 aromatic carbocycles. The molecule has 0 aliphatic carbocycles. The van der Waals surface area contributed by atoms with E-state index in [4.69, 9.17) is 11.6 Å². The Balaban J connectivity index is 2.02. The summed E-state index contributed by atoms with van der Waals surface area (Å²) in [5.41, 5.74) is 3.59. The number of benzene rings is 4. The minimum absolute atomic E-state index is 0.787. The summed E-state index contributed by atoms with van der Waals surface area (Å²) in [7, 11) is 0. The number of hydrogen-bond donors (Lipinski definition) is 0. The Labute approximate surface area is 144 Å². The van der Waals surface area contributed by atoms with Crippen LogP contribution < -0.4 is 0 Å². The van der Waals surface area contributed by atoms with Crippen LogP contribution in [0.2, 0.25) is 5.02 Å². The number of hydrogen-bond acceptors (Lipinski definition) is 0. The maximum Gasteiger partial charge on any atom is 0.0541 e. The fraction of sp³-hybridized carbons (Fsp3) is 0. The smallest absolute Gasteiger partial charge is 0.0541 e. The second-order valence-corrected chi connectivity index (χ2v) is 6.39. The molecule has 0 atom stereocenters. The second kappa shape index (κ2) is 5.12. The first kappa shape index (κ1) is 13.6. The summed E-state index contributed by atoms with van der Waals surface area (Å²) < 4.78 is 2.34. The third-order valence-corrected chi connectivity index (χ3v) is 5.00. The molecule has 0 amide bonds. The first-order chi connectivity index (χ1) is 11.8. The van der Waals surface area contributed by atoms with Crippen molar-refractivity contribution >= 4 is 44.2 Å². The highest BCUT2D eigenvalue weighted by Crippen LogP contribution is 2.36. The van der Waals surface area contributed by atoms with Crippen molar-refractivity contribution in [2.24, 2.45) is 0 Å². The van der Waals surface area contributed by atoms with Gasteiger partial charge in [0, 0.05) is 26.6 Å². The summed E-state index contributed by atoms with van der Waals surface area (Å²) in [6.07, 6.45) is 0. The van der Waals surface area contributed by atoms with Crippen molar-refractivity contribution in [3.05, 3.63) is 90.0 Å². The second-order valence-electron chi connectivity index (χ2n) is 5.98. The third kappa shape index (κ3) is 1.82. The van der Waals surface area contributed by atoms with Gasteiger partial charge in [-0.3, -0.25) is 0 Å². The normalized spacial score (nSPS) is 11.5. The summed E-state index contributed by atoms with van der Waals surface area (Å²) in [4.78, 5) is 0. The molecule has 24 heavy (non-hydrogen) atoms. The maximum absolute atomic E-state index is 6.42. The van der Waals surface area contributed by atoms with Gasteiger partial charge in [-0.25, -0.2) is 0 Å². The van der Waals surface area contributed by atoms with Crippen LogP contribution in [-0.2, 0) is 0 Å². The summed E-state index contributed by atoms with van der Waals surface area (Å²) in [6, 6.07) is 29.5. The molecule has 1 nitrogen and oxygen atoms in total. The van der Waals surface area contributed by atoms with Gasteiger partial charge in [-0.2, -0.15) is 0 Å². The predicted molar refractivity (Wildman–Crippen MR) is 103 cm³/mol. The highest BCUT2D eigenvalue weighted by Gasteiger charge is 2.13. The molecule has 2 heteroatoms. The maximum atomic E-state index is 6.42. The SMILES string of the molecule is Clc1ccc(-n2c3ccccc3c3ccccc32)c2ccccc12. The van der Waals surface area contributed by atoms with Gasteiger partial charge in [-0.15, -0.1) is 0 Å². The van der Waals surface area contributed by atoms with Crippen LogP contribution >= 0.6 is 11.6 Å². The number of rotatable bonds is 1. The zero-order chi connectivity index (χ0) is 16.1. The summed E-state index contributed by atoms with van der Waals surface area (Å²) in [6.45, 7) is 0. The van der Waals surface area contributed by atoms with E-state index in [-0.39, 0.29) is 0 Å². The highest BCUT2D eigenvalue weighted by atomic mass is 35.5. The van der Waals surface area contributed by atoms with Gasteiger partial charge in [0.2, 0.25) is 0 Å². The summed E-state index contributed by atoms with van der Waals surface area (Å²) in [5, 5.41) is 5.57. The third-order valence-electron chi connectivity index (χ3n) is 4.67. The average molecular weight is 328 g/mol. The van der Waals surface area contributed by atoms with Crippen molar-refractivity contribution in [3.63, 3.8) is 0 Å². The average Bonchev–Trinajstić information content (AvgIpc) is 2.97. The van der Waals surface area contributed by atoms with Crippen LogP contribution in [0, 0.1) is 0 Å². The van der Waals surface area contributed by atoms with Crippen molar-refractivity contribution in [2.75, 3.05) is 0 Å². The van der Waals surface area contributed by atoms with Crippen molar-refractivity contribution in [1.82, 2.24) is 4.57 Å². The van der Waals surface area contributed by atoms with Gasteiger partial charge >= 0.3 is 0 Å². The first-order valence-corrected chi connectivity index (χ1v) is 8.38. The lowest BCUT2D eigenvalue weighted by Gasteiger charge is -2.12. The lowest BCUT2D eigenvalue weighted by molar-refractivity contribution is 1.20. The molecular weight excluding hydrogens is 314 g/mol. The molecule has 0 saturated heterocycles. The minimum atomic E-state index is 0.787. The van der Waals surface area contributed by atoms with Gasteiger partial charge in [0.15, 0.2) is 0 Å². The fourth-order valence-corrected chi connectivity index (χ4v) is 3.85. The highest BCUT2D eigenvalue weighted by molar-refractivity contribution is 6.36. The zero-order valence-corrected chi connectivity index (χ0v) is 13.7. The van der Waals surface area contributed by atoms with Crippen LogP contribution in [0.1, 0.15) is 0 Å². The number of halogens is 1. The Hall–Kier alpha value is -2.77. The van der Waals surface area contributed by atoms with E-state index in [1.54, 1.807) is 0 Å². The summed E-state index contributed by atoms with van der Waals surface area (Å²) >= 11 is 6.42. The Morgan fingerprint density at radius 1 is 0.500 bits per heavy atom. The van der Waals surface area contributed by atoms with E-state index in [2.05, 4.69) is 77.4 Å². The monoisotopic (exact) mass is 327 g/mol. The van der Waals surface area contributed by atoms with Crippen molar-refractivity contribution in [1.29, 1.82) is 0 Å². The van der Waals surface area contributed by atoms with Gasteiger partial charge in [0.1, 0.15) is 0 Å². The van der Waals surface area contributed by atoms with Crippen molar-refractivity contribution < 1.29 is 0 Å². The fourth-order valence-electron chi connectivity index (χ4n) is 3.62. The molecule has 0 bridgehead atoms. The molecule has 1 aromatic heterocycles. The van der Waals surface area contributed by atoms with Crippen LogP contribution in [-0.4, -0.2) is 4.57 Å². The molecule has 114 valence electrons. The van der Waals surface area contributed by atoms with Crippen molar-refractivity contribution in [3.8, 4) is 5.69 Å². The van der Waals surface area contributed by atoms with Crippen LogP contribution in [0.4, 0.5) is 0 Å². The van der Waals surface area contributed by atoms with Crippen LogP contribution in [0.3, 0.4) is 0 Å². The number of nitrogens with zero attached hydrogens (tertiary/aromatic N) is 1. The topological polar surface area (TPSA) is 4.93 Å². The molecule has 0 saturated carbocycles. The van der Waals surface area contributed by atoms with Gasteiger partial charge < -0.3 is 4.57 Å². The van der Waals surface area contributed by atoms with Gasteiger partial charge in [-0.1, -0.05) is 72.3 Å². The molecule has 5 aromatic rings. The molecule has 0 radical (unpaired) electrons. The number of aromatic nitrogens is 1. The Kier molecular flexibility index (Phi) is 2.91. The molecule has 1 heterocycles. The van der Waals surface area contributed by atoms with E-state index in [9.17, 15) is 0 Å². The molecular formula is C22H14ClN. The van der Waals surface area contributed by atoms with Crippen molar-refractivity contribution in [2.45, 2.75) is 0 Å².